The van der Waals surface area contributed by atoms with Gasteiger partial charge in [-0.15, -0.1) is 35.9 Å². The normalized spacial score (nSPS) is 21.1. The zero-order chi connectivity index (χ0) is 17.5. The summed E-state index contributed by atoms with van der Waals surface area (Å²) >= 11 is 4.04. The van der Waals surface area contributed by atoms with Crippen molar-refractivity contribution in [2.24, 2.45) is 5.92 Å². The van der Waals surface area contributed by atoms with E-state index in [0.29, 0.717) is 10.5 Å². The maximum atomic E-state index is 12.4. The molecule has 2 aliphatic rings. The van der Waals surface area contributed by atoms with Gasteiger partial charge in [-0.3, -0.25) is 4.79 Å². The molecule has 0 bridgehead atoms. The van der Waals surface area contributed by atoms with E-state index in [-0.39, 0.29) is 24.9 Å². The summed E-state index contributed by atoms with van der Waals surface area (Å²) < 4.78 is 6.28. The monoisotopic (exact) mass is 416 g/mol. The Morgan fingerprint density at radius 1 is 1.23 bits per heavy atom. The van der Waals surface area contributed by atoms with Crippen molar-refractivity contribution >= 4 is 41.8 Å². The van der Waals surface area contributed by atoms with Gasteiger partial charge in [0.25, 0.3) is 5.91 Å². The molecule has 1 unspecified atom stereocenters. The lowest BCUT2D eigenvalue weighted by Gasteiger charge is -2.32. The smallest absolute Gasteiger partial charge is 0.260 e. The van der Waals surface area contributed by atoms with Crippen LogP contribution in [0.3, 0.4) is 0 Å². The molecule has 0 aliphatic carbocycles. The lowest BCUT2D eigenvalue weighted by Crippen LogP contribution is -2.44. The molecule has 1 aromatic carbocycles. The Labute approximate surface area is 171 Å². The maximum absolute atomic E-state index is 12.4. The third-order valence-electron chi connectivity index (χ3n) is 4.71. The predicted molar refractivity (Wildman–Crippen MR) is 115 cm³/mol. The molecule has 0 spiro atoms. The molecule has 1 aromatic rings. The number of piperidine rings is 1. The first-order valence-electron chi connectivity index (χ1n) is 9.14. The lowest BCUT2D eigenvalue weighted by atomic mass is 9.98. The van der Waals surface area contributed by atoms with Crippen LogP contribution in [0, 0.1) is 5.92 Å². The van der Waals surface area contributed by atoms with Gasteiger partial charge in [0.2, 0.25) is 0 Å². The van der Waals surface area contributed by atoms with Gasteiger partial charge in [-0.2, -0.15) is 0 Å². The molecule has 0 aromatic heterocycles. The number of hydrogen-bond donors (Lipinski definition) is 1. The Balaban J connectivity index is 0.00000243. The Morgan fingerprint density at radius 3 is 2.65 bits per heavy atom. The molecule has 7 heteroatoms. The van der Waals surface area contributed by atoms with Gasteiger partial charge < -0.3 is 15.0 Å². The summed E-state index contributed by atoms with van der Waals surface area (Å²) in [6.07, 6.45) is 3.59. The van der Waals surface area contributed by atoms with E-state index in [9.17, 15) is 4.79 Å². The fraction of sp³-hybridized carbons (Fsp3) is 0.632. The van der Waals surface area contributed by atoms with Crippen molar-refractivity contribution in [2.45, 2.75) is 23.8 Å². The van der Waals surface area contributed by atoms with Crippen LogP contribution in [0.5, 0.6) is 5.75 Å². The summed E-state index contributed by atoms with van der Waals surface area (Å²) in [5.74, 6) is 3.94. The van der Waals surface area contributed by atoms with Crippen LogP contribution in [0.1, 0.15) is 29.4 Å². The Kier molecular flexibility index (Phi) is 9.46. The molecule has 0 radical (unpaired) electrons. The summed E-state index contributed by atoms with van der Waals surface area (Å²) in [7, 11) is 1.97. The summed E-state index contributed by atoms with van der Waals surface area (Å²) in [6, 6.07) is 8.27. The number of ether oxygens (including phenoxy) is 1. The van der Waals surface area contributed by atoms with Gasteiger partial charge in [-0.25, -0.2) is 0 Å². The van der Waals surface area contributed by atoms with Crippen LogP contribution in [-0.4, -0.2) is 55.6 Å². The third kappa shape index (κ3) is 6.25. The quantitative estimate of drug-likeness (QED) is 0.763. The average molecular weight is 417 g/mol. The number of carbonyl (C=O) groups excluding carboxylic acids is 1. The summed E-state index contributed by atoms with van der Waals surface area (Å²) in [4.78, 5) is 14.4. The molecule has 1 atom stereocenters. The fourth-order valence-electron chi connectivity index (χ4n) is 3.38. The lowest BCUT2D eigenvalue weighted by molar-refractivity contribution is -0.135. The van der Waals surface area contributed by atoms with Gasteiger partial charge in [0.1, 0.15) is 5.75 Å². The van der Waals surface area contributed by atoms with Gasteiger partial charge in [0.15, 0.2) is 6.61 Å². The third-order valence-corrected chi connectivity index (χ3v) is 7.72. The molecule has 2 heterocycles. The minimum atomic E-state index is 0. The minimum absolute atomic E-state index is 0. The van der Waals surface area contributed by atoms with E-state index in [2.05, 4.69) is 17.4 Å². The summed E-state index contributed by atoms with van der Waals surface area (Å²) in [6.45, 7) is 2.82. The van der Waals surface area contributed by atoms with Crippen molar-refractivity contribution in [1.82, 2.24) is 10.2 Å². The first-order chi connectivity index (χ1) is 12.3. The Morgan fingerprint density at radius 2 is 1.96 bits per heavy atom. The van der Waals surface area contributed by atoms with E-state index in [1.54, 1.807) is 0 Å². The zero-order valence-corrected chi connectivity index (χ0v) is 17.8. The molecule has 146 valence electrons. The molecular weight excluding hydrogens is 388 g/mol. The van der Waals surface area contributed by atoms with Crippen molar-refractivity contribution in [3.8, 4) is 5.75 Å². The molecular formula is C19H29ClN2O2S2. The number of hydrogen-bond acceptors (Lipinski definition) is 5. The number of halogens is 1. The Bertz CT molecular complexity index is 551. The first-order valence-corrected chi connectivity index (χ1v) is 11.2. The van der Waals surface area contributed by atoms with Crippen molar-refractivity contribution < 1.29 is 9.53 Å². The van der Waals surface area contributed by atoms with Crippen LogP contribution in [0.2, 0.25) is 0 Å². The van der Waals surface area contributed by atoms with E-state index >= 15 is 0 Å². The second-order valence-electron chi connectivity index (χ2n) is 6.69. The number of nitrogens with one attached hydrogen (secondary N) is 1. The van der Waals surface area contributed by atoms with Crippen LogP contribution >= 0.6 is 35.9 Å². The molecule has 2 fully saturated rings. The predicted octanol–water partition coefficient (Wildman–Crippen LogP) is 3.81. The van der Waals surface area contributed by atoms with Crippen LogP contribution in [0.4, 0.5) is 0 Å². The number of amides is 1. The molecule has 26 heavy (non-hydrogen) atoms. The number of nitrogens with zero attached hydrogens (tertiary/aromatic N) is 1. The number of thioether (sulfide) groups is 2. The topological polar surface area (TPSA) is 41.6 Å². The molecule has 3 rings (SSSR count). The fourth-order valence-corrected chi connectivity index (χ4v) is 6.28. The van der Waals surface area contributed by atoms with Gasteiger partial charge in [-0.1, -0.05) is 12.1 Å². The minimum Gasteiger partial charge on any atom is -0.484 e. The van der Waals surface area contributed by atoms with Crippen LogP contribution < -0.4 is 10.1 Å². The van der Waals surface area contributed by atoms with Crippen molar-refractivity contribution in [1.29, 1.82) is 0 Å². The highest BCUT2D eigenvalue weighted by Crippen LogP contribution is 2.43. The SMILES string of the molecule is CNCC1CCCN(C(=O)COc2ccc(C3SCCCS3)cc2)C1.Cl. The van der Waals surface area contributed by atoms with Crippen molar-refractivity contribution in [3.05, 3.63) is 29.8 Å². The number of benzene rings is 1. The van der Waals surface area contributed by atoms with Gasteiger partial charge in [-0.05, 0) is 68.0 Å². The first kappa shape index (κ1) is 21.7. The molecule has 0 saturated carbocycles. The average Bonchev–Trinajstić information content (AvgIpc) is 2.68. The highest BCUT2D eigenvalue weighted by Gasteiger charge is 2.23. The second kappa shape index (κ2) is 11.3. The largest absolute Gasteiger partial charge is 0.484 e. The van der Waals surface area contributed by atoms with E-state index in [0.717, 1.165) is 31.8 Å². The number of likely N-dealkylation sites (tertiary alicyclic amines) is 1. The highest BCUT2D eigenvalue weighted by molar-refractivity contribution is 8.16. The maximum Gasteiger partial charge on any atom is 0.260 e. The molecule has 1 amide bonds. The van der Waals surface area contributed by atoms with E-state index in [1.165, 1.54) is 29.9 Å². The Hall–Kier alpha value is -0.560. The zero-order valence-electron chi connectivity index (χ0n) is 15.3. The number of carbonyl (C=O) groups is 1. The van der Waals surface area contributed by atoms with Crippen LogP contribution in [0.15, 0.2) is 24.3 Å². The van der Waals surface area contributed by atoms with Crippen LogP contribution in [0.25, 0.3) is 0 Å². The van der Waals surface area contributed by atoms with Gasteiger partial charge in [0.05, 0.1) is 4.58 Å². The molecule has 4 nitrogen and oxygen atoms in total. The standard InChI is InChI=1S/C19H28N2O2S2.ClH/c1-20-12-15-4-2-9-21(13-15)18(22)14-23-17-7-5-16(6-8-17)19-24-10-3-11-25-19;/h5-8,15,19-20H,2-4,9-14H2,1H3;1H. The van der Waals surface area contributed by atoms with Gasteiger partial charge in [0, 0.05) is 13.1 Å². The second-order valence-corrected chi connectivity index (χ2v) is 9.41. The molecule has 2 saturated heterocycles. The van der Waals surface area contributed by atoms with Crippen LogP contribution in [-0.2, 0) is 4.79 Å². The van der Waals surface area contributed by atoms with Crippen molar-refractivity contribution in [2.75, 3.05) is 44.8 Å². The summed E-state index contributed by atoms with van der Waals surface area (Å²) in [5, 5.41) is 3.21. The molecule has 1 N–H and O–H groups in total. The van der Waals surface area contributed by atoms with E-state index in [4.69, 9.17) is 4.74 Å². The van der Waals surface area contributed by atoms with E-state index in [1.807, 2.05) is 47.6 Å². The number of rotatable bonds is 6. The molecule has 2 aliphatic heterocycles. The highest BCUT2D eigenvalue weighted by atomic mass is 35.5. The van der Waals surface area contributed by atoms with Crippen molar-refractivity contribution in [3.63, 3.8) is 0 Å². The van der Waals surface area contributed by atoms with Gasteiger partial charge >= 0.3 is 0 Å². The van der Waals surface area contributed by atoms with E-state index < -0.39 is 0 Å². The summed E-state index contributed by atoms with van der Waals surface area (Å²) in [5.41, 5.74) is 1.35.